The van der Waals surface area contributed by atoms with Crippen molar-refractivity contribution in [3.05, 3.63) is 16.1 Å². The van der Waals surface area contributed by atoms with Gasteiger partial charge < -0.3 is 4.90 Å². The third-order valence-electron chi connectivity index (χ3n) is 3.16. The molecule has 2 aromatic rings. The molecule has 1 fully saturated rings. The van der Waals surface area contributed by atoms with E-state index in [1.807, 2.05) is 0 Å². The maximum atomic E-state index is 12.6. The number of carbonyl (C=O) groups excluding carboxylic acids is 1. The fraction of sp³-hybridized carbons (Fsp3) is 0.556. The van der Waals surface area contributed by atoms with E-state index in [1.54, 1.807) is 11.9 Å². The minimum Gasteiger partial charge on any atom is -0.327 e. The second-order valence-corrected chi connectivity index (χ2v) is 5.03. The molecule has 1 amide bonds. The van der Waals surface area contributed by atoms with E-state index in [9.17, 15) is 4.79 Å². The fourth-order valence-corrected chi connectivity index (χ4v) is 2.78. The molecule has 9 nitrogen and oxygen atoms in total. The average Bonchev–Trinajstić information content (AvgIpc) is 3.08. The lowest BCUT2D eigenvalue weighted by Crippen LogP contribution is -2.32. The lowest BCUT2D eigenvalue weighted by atomic mass is 10.2. The Labute approximate surface area is 116 Å². The zero-order valence-electron chi connectivity index (χ0n) is 10.1. The Morgan fingerprint density at radius 2 is 2.32 bits per heavy atom. The topological polar surface area (TPSA) is 105 Å². The molecule has 3 heterocycles. The molecule has 1 saturated heterocycles. The molecule has 19 heavy (non-hydrogen) atoms. The van der Waals surface area contributed by atoms with Crippen LogP contribution in [0.15, 0.2) is 4.60 Å². The van der Waals surface area contributed by atoms with Gasteiger partial charge in [-0.2, -0.15) is 5.21 Å². The number of hydrogen-bond donors (Lipinski definition) is 1. The number of carbonyl (C=O) groups is 1. The van der Waals surface area contributed by atoms with Gasteiger partial charge in [0, 0.05) is 13.6 Å². The van der Waals surface area contributed by atoms with Crippen LogP contribution in [0.2, 0.25) is 0 Å². The molecule has 1 unspecified atom stereocenters. The van der Waals surface area contributed by atoms with Crippen LogP contribution in [-0.4, -0.2) is 53.0 Å². The summed E-state index contributed by atoms with van der Waals surface area (Å²) in [4.78, 5) is 14.3. The number of tetrazole rings is 1. The Hall–Kier alpha value is -1.84. The Balaban J connectivity index is 1.91. The Morgan fingerprint density at radius 3 is 2.95 bits per heavy atom. The van der Waals surface area contributed by atoms with Gasteiger partial charge >= 0.3 is 0 Å². The van der Waals surface area contributed by atoms with Gasteiger partial charge in [0.05, 0.1) is 6.04 Å². The summed E-state index contributed by atoms with van der Waals surface area (Å²) in [5, 5.41) is 21.5. The fourth-order valence-electron chi connectivity index (χ4n) is 2.28. The SMILES string of the molecule is Cn1nnc(Br)c1C(=O)N1CCCC1c1nn[nH]n1. The van der Waals surface area contributed by atoms with E-state index >= 15 is 0 Å². The van der Waals surface area contributed by atoms with E-state index in [2.05, 4.69) is 46.9 Å². The summed E-state index contributed by atoms with van der Waals surface area (Å²) in [5.41, 5.74) is 0.426. The number of rotatable bonds is 2. The highest BCUT2D eigenvalue weighted by atomic mass is 79.9. The van der Waals surface area contributed by atoms with Crippen LogP contribution in [0.4, 0.5) is 0 Å². The van der Waals surface area contributed by atoms with E-state index in [0.29, 0.717) is 22.7 Å². The van der Waals surface area contributed by atoms with Crippen LogP contribution >= 0.6 is 15.9 Å². The van der Waals surface area contributed by atoms with Crippen molar-refractivity contribution in [2.75, 3.05) is 6.54 Å². The average molecular weight is 327 g/mol. The number of aryl methyl sites for hydroxylation is 1. The van der Waals surface area contributed by atoms with Gasteiger partial charge in [0.2, 0.25) is 0 Å². The standard InChI is InChI=1S/C9H11BrN8O/c1-17-6(7(10)11-16-17)9(19)18-4-2-3-5(18)8-12-14-15-13-8/h5H,2-4H2,1H3,(H,12,13,14,15). The van der Waals surface area contributed by atoms with Crippen molar-refractivity contribution in [3.8, 4) is 0 Å². The molecule has 0 radical (unpaired) electrons. The van der Waals surface area contributed by atoms with Crippen LogP contribution < -0.4 is 0 Å². The van der Waals surface area contributed by atoms with Crippen LogP contribution in [0.1, 0.15) is 35.2 Å². The summed E-state index contributed by atoms with van der Waals surface area (Å²) in [6.45, 7) is 0.662. The minimum atomic E-state index is -0.145. The molecular weight excluding hydrogens is 316 g/mol. The van der Waals surface area contributed by atoms with Gasteiger partial charge in [0.25, 0.3) is 5.91 Å². The summed E-state index contributed by atoms with van der Waals surface area (Å²) in [5.74, 6) is 0.406. The smallest absolute Gasteiger partial charge is 0.275 e. The number of nitrogens with zero attached hydrogens (tertiary/aromatic N) is 7. The predicted octanol–water partition coefficient (Wildman–Crippen LogP) is 0.0680. The molecule has 1 atom stereocenters. The number of hydrogen-bond acceptors (Lipinski definition) is 6. The zero-order valence-corrected chi connectivity index (χ0v) is 11.7. The largest absolute Gasteiger partial charge is 0.327 e. The molecule has 1 N–H and O–H groups in total. The summed E-state index contributed by atoms with van der Waals surface area (Å²) in [6.07, 6.45) is 1.74. The number of likely N-dealkylation sites (tertiary alicyclic amines) is 1. The third kappa shape index (κ3) is 2.01. The monoisotopic (exact) mass is 326 g/mol. The molecule has 1 aliphatic heterocycles. The van der Waals surface area contributed by atoms with Crippen molar-refractivity contribution in [1.29, 1.82) is 0 Å². The number of aromatic amines is 1. The highest BCUT2D eigenvalue weighted by molar-refractivity contribution is 9.10. The Morgan fingerprint density at radius 1 is 1.47 bits per heavy atom. The number of halogens is 1. The van der Waals surface area contributed by atoms with Crippen LogP contribution in [0.25, 0.3) is 0 Å². The zero-order chi connectivity index (χ0) is 13.4. The van der Waals surface area contributed by atoms with Gasteiger partial charge in [-0.1, -0.05) is 10.4 Å². The Bertz CT molecular complexity index is 574. The first kappa shape index (κ1) is 12.2. The maximum Gasteiger partial charge on any atom is 0.275 e. The summed E-state index contributed by atoms with van der Waals surface area (Å²) in [7, 11) is 1.68. The quantitative estimate of drug-likeness (QED) is 0.837. The van der Waals surface area contributed by atoms with Crippen LogP contribution in [0.3, 0.4) is 0 Å². The van der Waals surface area contributed by atoms with Gasteiger partial charge in [-0.05, 0) is 28.8 Å². The molecule has 2 aromatic heterocycles. The molecule has 0 spiro atoms. The summed E-state index contributed by atoms with van der Waals surface area (Å²) >= 11 is 3.24. The predicted molar refractivity (Wildman–Crippen MR) is 65.9 cm³/mol. The normalized spacial score (nSPS) is 19.1. The van der Waals surface area contributed by atoms with Gasteiger partial charge in [0.15, 0.2) is 16.1 Å². The molecule has 0 aliphatic carbocycles. The second kappa shape index (κ2) is 4.68. The lowest BCUT2D eigenvalue weighted by molar-refractivity contribution is 0.0717. The third-order valence-corrected chi connectivity index (χ3v) is 3.70. The highest BCUT2D eigenvalue weighted by Gasteiger charge is 2.35. The van der Waals surface area contributed by atoms with Crippen LogP contribution in [0.5, 0.6) is 0 Å². The molecular formula is C9H11BrN8O. The van der Waals surface area contributed by atoms with Crippen molar-refractivity contribution >= 4 is 21.8 Å². The number of nitrogens with one attached hydrogen (secondary N) is 1. The minimum absolute atomic E-state index is 0.133. The molecule has 10 heteroatoms. The van der Waals surface area contributed by atoms with E-state index in [1.165, 1.54) is 4.68 Å². The van der Waals surface area contributed by atoms with Gasteiger partial charge in [0.1, 0.15) is 0 Å². The van der Waals surface area contributed by atoms with Crippen LogP contribution in [-0.2, 0) is 7.05 Å². The molecule has 3 rings (SSSR count). The lowest BCUT2D eigenvalue weighted by Gasteiger charge is -2.21. The number of aromatic nitrogens is 7. The molecule has 0 aromatic carbocycles. The van der Waals surface area contributed by atoms with Crippen molar-refractivity contribution in [2.24, 2.45) is 7.05 Å². The van der Waals surface area contributed by atoms with Crippen molar-refractivity contribution in [1.82, 2.24) is 40.5 Å². The summed E-state index contributed by atoms with van der Waals surface area (Å²) in [6, 6.07) is -0.145. The maximum absolute atomic E-state index is 12.6. The van der Waals surface area contributed by atoms with Gasteiger partial charge in [-0.25, -0.2) is 4.68 Å². The number of H-pyrrole nitrogens is 1. The van der Waals surface area contributed by atoms with E-state index < -0.39 is 0 Å². The first-order valence-corrected chi connectivity index (χ1v) is 6.57. The van der Waals surface area contributed by atoms with Crippen molar-refractivity contribution in [3.63, 3.8) is 0 Å². The first-order valence-electron chi connectivity index (χ1n) is 5.78. The van der Waals surface area contributed by atoms with E-state index in [-0.39, 0.29) is 11.9 Å². The van der Waals surface area contributed by atoms with Crippen molar-refractivity contribution < 1.29 is 4.79 Å². The van der Waals surface area contributed by atoms with E-state index in [0.717, 1.165) is 12.8 Å². The highest BCUT2D eigenvalue weighted by Crippen LogP contribution is 2.31. The van der Waals surface area contributed by atoms with Crippen LogP contribution in [0, 0.1) is 0 Å². The van der Waals surface area contributed by atoms with Gasteiger partial charge in [-0.3, -0.25) is 4.79 Å². The van der Waals surface area contributed by atoms with Crippen molar-refractivity contribution in [2.45, 2.75) is 18.9 Å². The first-order chi connectivity index (χ1) is 9.18. The van der Waals surface area contributed by atoms with Gasteiger partial charge in [-0.15, -0.1) is 15.3 Å². The molecule has 1 aliphatic rings. The van der Waals surface area contributed by atoms with E-state index in [4.69, 9.17) is 0 Å². The Kier molecular flexibility index (Phi) is 3.01. The summed E-state index contributed by atoms with van der Waals surface area (Å²) < 4.78 is 1.90. The molecule has 100 valence electrons. The second-order valence-electron chi connectivity index (χ2n) is 4.28. The molecule has 0 saturated carbocycles. The molecule has 0 bridgehead atoms. The number of amides is 1.